The van der Waals surface area contributed by atoms with Gasteiger partial charge in [-0.1, -0.05) is 394 Å². The van der Waals surface area contributed by atoms with E-state index in [1.807, 2.05) is 152 Å². The van der Waals surface area contributed by atoms with Crippen LogP contribution in [0.5, 0.6) is 0 Å². The standard InChI is InChI=1S/C46H32N2.C36H25N3.C20H15N3.C14H11N3/c1-4-14-33(15-5-1)34-26-24-32(25-27-34)30-44-47-43-23-13-11-21-40(43)45(48-44)35-28-29-39-38-20-10-12-22-41(38)46(42(39)31-35,36-16-6-2-7-17-36)37-18-8-3-9-19-37;1-3-11-25(12-4-1)29-21-30(26-13-5-2-6-14-26)23-31(22-29)35-33-17-9-10-18-34(33)38-36(39-35)37-32-20-19-27-15-7-8-16-28(27)24-32;1-3-9-15(10-4-1)19-17-13-7-8-14-18(17)22-20(23-19)21-16-11-5-2-6-12-16;15-14-16-12-9-5-4-8-11(12)13(17-14)10-6-2-1-3-7-10/h1-29,31H,30H2;1-24H,(H,37,38,39);1-14H,(H,21,22,23);1-9H,(H2,15,16,17). The lowest BCUT2D eigenvalue weighted by Gasteiger charge is -2.34. The lowest BCUT2D eigenvalue weighted by atomic mass is 9.67. The number of anilines is 5. The zero-order chi connectivity index (χ0) is 85.1. The zero-order valence-electron chi connectivity index (χ0n) is 69.3. The Morgan fingerprint density at radius 2 is 0.591 bits per heavy atom. The smallest absolute Gasteiger partial charge is 0.228 e. The summed E-state index contributed by atoms with van der Waals surface area (Å²) >= 11 is 0. The number of nitrogens with two attached hydrogens (primary N) is 1. The van der Waals surface area contributed by atoms with E-state index in [-0.39, 0.29) is 0 Å². The van der Waals surface area contributed by atoms with Crippen LogP contribution in [0.2, 0.25) is 0 Å². The van der Waals surface area contributed by atoms with E-state index in [9.17, 15) is 0 Å². The summed E-state index contributed by atoms with van der Waals surface area (Å²) in [5, 5.41) is 13.3. The third kappa shape index (κ3) is 16.7. The fourth-order valence-corrected chi connectivity index (χ4v) is 17.3. The number of nitrogens with one attached hydrogen (secondary N) is 2. The first-order valence-corrected chi connectivity index (χ1v) is 42.6. The summed E-state index contributed by atoms with van der Waals surface area (Å²) in [5.41, 5.74) is 34.7. The quantitative estimate of drug-likeness (QED) is 0.0899. The van der Waals surface area contributed by atoms with E-state index in [0.717, 1.165) is 117 Å². The van der Waals surface area contributed by atoms with Crippen molar-refractivity contribution in [3.8, 4) is 89.5 Å². The lowest BCUT2D eigenvalue weighted by Crippen LogP contribution is -2.28. The third-order valence-electron chi connectivity index (χ3n) is 23.2. The number of nitrogen functional groups attached to an aromatic ring is 1. The van der Waals surface area contributed by atoms with Gasteiger partial charge in [0.05, 0.1) is 50.3 Å². The molecular weight excluding hydrogens is 1550 g/mol. The Balaban J connectivity index is 0.000000114. The molecule has 0 saturated carbocycles. The first kappa shape index (κ1) is 78.5. The zero-order valence-corrected chi connectivity index (χ0v) is 69.3. The lowest BCUT2D eigenvalue weighted by molar-refractivity contribution is 0.768. The van der Waals surface area contributed by atoms with Gasteiger partial charge in [-0.15, -0.1) is 0 Å². The number of fused-ring (bicyclic) bond motifs is 8. The molecule has 22 aromatic rings. The molecule has 23 rings (SSSR count). The molecule has 602 valence electrons. The molecular formula is C116H83N11. The first-order chi connectivity index (χ1) is 62.8. The molecule has 0 radical (unpaired) electrons. The van der Waals surface area contributed by atoms with Crippen LogP contribution >= 0.6 is 0 Å². The van der Waals surface area contributed by atoms with Crippen molar-refractivity contribution in [3.63, 3.8) is 0 Å². The molecule has 0 spiro atoms. The Morgan fingerprint density at radius 3 is 1.12 bits per heavy atom. The highest BCUT2D eigenvalue weighted by atomic mass is 15.1. The van der Waals surface area contributed by atoms with Crippen LogP contribution in [0, 0.1) is 0 Å². The maximum atomic E-state index is 5.74. The molecule has 127 heavy (non-hydrogen) atoms. The molecule has 0 aliphatic heterocycles. The summed E-state index contributed by atoms with van der Waals surface area (Å²) in [6, 6.07) is 162. The Labute approximate surface area is 737 Å². The van der Waals surface area contributed by atoms with Gasteiger partial charge < -0.3 is 16.4 Å². The average molecular weight is 1630 g/mol. The molecule has 0 atom stereocenters. The predicted octanol–water partition coefficient (Wildman–Crippen LogP) is 28.4. The largest absolute Gasteiger partial charge is 0.368 e. The molecule has 11 heteroatoms. The maximum absolute atomic E-state index is 5.74. The molecule has 0 amide bonds. The van der Waals surface area contributed by atoms with Gasteiger partial charge in [-0.3, -0.25) is 0 Å². The van der Waals surface area contributed by atoms with Crippen molar-refractivity contribution in [2.75, 3.05) is 16.4 Å². The van der Waals surface area contributed by atoms with Crippen LogP contribution in [0.3, 0.4) is 0 Å². The highest BCUT2D eigenvalue weighted by molar-refractivity contribution is 5.99. The molecule has 4 N–H and O–H groups in total. The van der Waals surface area contributed by atoms with Crippen LogP contribution in [0.4, 0.5) is 29.2 Å². The Kier molecular flexibility index (Phi) is 22.2. The molecule has 0 bridgehead atoms. The minimum atomic E-state index is -0.462. The van der Waals surface area contributed by atoms with Gasteiger partial charge >= 0.3 is 0 Å². The second-order valence-electron chi connectivity index (χ2n) is 31.2. The van der Waals surface area contributed by atoms with Crippen LogP contribution in [-0.4, -0.2) is 39.9 Å². The maximum Gasteiger partial charge on any atom is 0.228 e. The van der Waals surface area contributed by atoms with E-state index < -0.39 is 5.41 Å². The normalized spacial score (nSPS) is 11.6. The van der Waals surface area contributed by atoms with Gasteiger partial charge in [-0.25, -0.2) is 39.9 Å². The van der Waals surface area contributed by atoms with Crippen molar-refractivity contribution in [1.29, 1.82) is 0 Å². The molecule has 0 fully saturated rings. The minimum Gasteiger partial charge on any atom is -0.368 e. The fourth-order valence-electron chi connectivity index (χ4n) is 17.3. The van der Waals surface area contributed by atoms with E-state index in [1.54, 1.807) is 0 Å². The van der Waals surface area contributed by atoms with Gasteiger partial charge in [0.2, 0.25) is 17.8 Å². The summed E-state index contributed by atoms with van der Waals surface area (Å²) in [6.07, 6.45) is 0.654. The van der Waals surface area contributed by atoms with Crippen molar-refractivity contribution in [1.82, 2.24) is 39.9 Å². The second kappa shape index (κ2) is 36.0. The Hall–Kier alpha value is -17.0. The molecule has 18 aromatic carbocycles. The van der Waals surface area contributed by atoms with Crippen LogP contribution < -0.4 is 16.4 Å². The van der Waals surface area contributed by atoms with Crippen molar-refractivity contribution in [2.45, 2.75) is 11.8 Å². The Bertz CT molecular complexity index is 7550. The van der Waals surface area contributed by atoms with Crippen LogP contribution in [-0.2, 0) is 11.8 Å². The number of hydrogen-bond acceptors (Lipinski definition) is 11. The summed E-state index contributed by atoms with van der Waals surface area (Å²) in [7, 11) is 0. The molecule has 4 aromatic heterocycles. The van der Waals surface area contributed by atoms with Gasteiger partial charge in [0, 0.05) is 61.6 Å². The van der Waals surface area contributed by atoms with E-state index in [1.165, 1.54) is 72.0 Å². The molecule has 0 unspecified atom stereocenters. The second-order valence-corrected chi connectivity index (χ2v) is 31.2. The van der Waals surface area contributed by atoms with Gasteiger partial charge in [0.25, 0.3) is 0 Å². The number of nitrogens with zero attached hydrogens (tertiary/aromatic N) is 8. The average Bonchev–Trinajstić information content (AvgIpc) is 1.54. The van der Waals surface area contributed by atoms with E-state index in [0.29, 0.717) is 24.3 Å². The highest BCUT2D eigenvalue weighted by Gasteiger charge is 2.46. The predicted molar refractivity (Wildman–Crippen MR) is 524 cm³/mol. The molecule has 0 saturated heterocycles. The van der Waals surface area contributed by atoms with E-state index >= 15 is 0 Å². The van der Waals surface area contributed by atoms with Gasteiger partial charge in [-0.05, 0) is 156 Å². The van der Waals surface area contributed by atoms with Gasteiger partial charge in [0.1, 0.15) is 5.82 Å². The van der Waals surface area contributed by atoms with Crippen LogP contribution in [0.1, 0.15) is 33.6 Å². The molecule has 1 aliphatic carbocycles. The number of benzene rings is 18. The summed E-state index contributed by atoms with van der Waals surface area (Å²) in [6.45, 7) is 0. The van der Waals surface area contributed by atoms with Crippen LogP contribution in [0.25, 0.3) is 144 Å². The molecule has 11 nitrogen and oxygen atoms in total. The summed E-state index contributed by atoms with van der Waals surface area (Å²) < 4.78 is 0. The van der Waals surface area contributed by atoms with Crippen molar-refractivity contribution in [2.24, 2.45) is 0 Å². The highest BCUT2D eigenvalue weighted by Crippen LogP contribution is 2.57. The number of hydrogen-bond donors (Lipinski definition) is 3. The number of aromatic nitrogens is 8. The van der Waals surface area contributed by atoms with E-state index in [2.05, 4.69) is 341 Å². The van der Waals surface area contributed by atoms with Gasteiger partial charge in [-0.2, -0.15) is 0 Å². The van der Waals surface area contributed by atoms with Crippen molar-refractivity contribution in [3.05, 3.63) is 501 Å². The van der Waals surface area contributed by atoms with Crippen molar-refractivity contribution >= 4 is 83.6 Å². The van der Waals surface area contributed by atoms with E-state index in [4.69, 9.17) is 30.7 Å². The SMILES string of the molecule is Nc1nc(-c2ccccc2)c2ccccc2n1.c1ccc(-c2cc(-c3ccccc3)cc(-c3nc(Nc4ccc5ccccc5c4)nc4ccccc34)c2)cc1.c1ccc(-c2ccc(Cc3nc(-c4ccc5c(c4)C(c4ccccc4)(c4ccccc4)c4ccccc4-5)c4ccccc4n3)cc2)cc1.c1ccc(Nc2nc(-c3ccccc3)c3ccccc3n2)cc1. The number of rotatable bonds is 15. The fraction of sp³-hybridized carbons (Fsp3) is 0.0172. The Morgan fingerprint density at radius 1 is 0.220 bits per heavy atom. The third-order valence-corrected chi connectivity index (χ3v) is 23.2. The minimum absolute atomic E-state index is 0.308. The molecule has 4 heterocycles. The topological polar surface area (TPSA) is 153 Å². The first-order valence-electron chi connectivity index (χ1n) is 42.6. The van der Waals surface area contributed by atoms with Gasteiger partial charge in [0.15, 0.2) is 0 Å². The monoisotopic (exact) mass is 1630 g/mol. The van der Waals surface area contributed by atoms with Crippen molar-refractivity contribution < 1.29 is 0 Å². The number of para-hydroxylation sites is 5. The van der Waals surface area contributed by atoms with Crippen LogP contribution in [0.15, 0.2) is 467 Å². The molecule has 1 aliphatic rings. The summed E-state index contributed by atoms with van der Waals surface area (Å²) in [4.78, 5) is 38.3. The summed E-state index contributed by atoms with van der Waals surface area (Å²) in [5.74, 6) is 2.30.